The molecule has 0 aromatic carbocycles. The molecule has 0 radical (unpaired) electrons. The molecule has 4 nitrogen and oxygen atoms in total. The summed E-state index contributed by atoms with van der Waals surface area (Å²) in [6, 6.07) is 3.65. The number of nitrogens with zero attached hydrogens (tertiary/aromatic N) is 1. The number of aryl methyl sites for hydroxylation is 1. The van der Waals surface area contributed by atoms with Crippen LogP contribution < -0.4 is 0 Å². The van der Waals surface area contributed by atoms with Crippen LogP contribution in [0.15, 0.2) is 22.8 Å². The number of furan rings is 1. The number of ether oxygens (including phenoxy) is 1. The molecule has 0 saturated carbocycles. The van der Waals surface area contributed by atoms with Gasteiger partial charge in [0.05, 0.1) is 18.4 Å². The summed E-state index contributed by atoms with van der Waals surface area (Å²) >= 11 is 5.10. The van der Waals surface area contributed by atoms with Gasteiger partial charge in [0.2, 0.25) is 0 Å². The fourth-order valence-electron chi connectivity index (χ4n) is 1.50. The highest BCUT2D eigenvalue weighted by atomic mass is 32.1. The lowest BCUT2D eigenvalue weighted by atomic mass is 10.2. The average Bonchev–Trinajstić information content (AvgIpc) is 2.64. The lowest BCUT2D eigenvalue weighted by Gasteiger charge is -2.04. The van der Waals surface area contributed by atoms with Gasteiger partial charge in [0.15, 0.2) is 0 Å². The minimum absolute atomic E-state index is 0.482. The molecular weight excluding hydrogens is 224 g/mol. The van der Waals surface area contributed by atoms with Crippen LogP contribution in [0.1, 0.15) is 11.5 Å². The fraction of sp³-hybridized carbons (Fsp3) is 0.273. The Morgan fingerprint density at radius 3 is 3.00 bits per heavy atom. The van der Waals surface area contributed by atoms with E-state index in [-0.39, 0.29) is 0 Å². The second-order valence-corrected chi connectivity index (χ2v) is 3.83. The largest absolute Gasteiger partial charge is 0.469 e. The maximum absolute atomic E-state index is 5.23. The van der Waals surface area contributed by atoms with Gasteiger partial charge in [0.25, 0.3) is 0 Å². The molecule has 2 aromatic heterocycles. The second kappa shape index (κ2) is 4.59. The van der Waals surface area contributed by atoms with Gasteiger partial charge in [-0.2, -0.15) is 0 Å². The van der Waals surface area contributed by atoms with Crippen LogP contribution in [0, 0.1) is 11.6 Å². The molecule has 0 amide bonds. The summed E-state index contributed by atoms with van der Waals surface area (Å²) in [5.41, 5.74) is 1.82. The summed E-state index contributed by atoms with van der Waals surface area (Å²) < 4.78 is 10.8. The lowest BCUT2D eigenvalue weighted by molar-refractivity contribution is 0.181. The van der Waals surface area contributed by atoms with E-state index in [4.69, 9.17) is 21.4 Å². The fourth-order valence-corrected chi connectivity index (χ4v) is 1.73. The van der Waals surface area contributed by atoms with Crippen molar-refractivity contribution in [3.05, 3.63) is 34.5 Å². The molecule has 0 spiro atoms. The van der Waals surface area contributed by atoms with Crippen LogP contribution in [0.4, 0.5) is 0 Å². The molecule has 1 N–H and O–H groups in total. The van der Waals surface area contributed by atoms with Crippen LogP contribution in [0.25, 0.3) is 11.4 Å². The maximum Gasteiger partial charge on any atom is 0.142 e. The standard InChI is InChI=1S/C11H12N2O2S/c1-7-9(3-4-15-7)11-12-8(6-14-2)5-10(16)13-11/h3-5H,6H2,1-2H3,(H,12,13,16). The molecular formula is C11H12N2O2S. The van der Waals surface area contributed by atoms with Gasteiger partial charge in [-0.25, -0.2) is 4.98 Å². The van der Waals surface area contributed by atoms with Crippen molar-refractivity contribution in [3.63, 3.8) is 0 Å². The van der Waals surface area contributed by atoms with E-state index in [0.717, 1.165) is 17.0 Å². The van der Waals surface area contributed by atoms with Gasteiger partial charge in [-0.05, 0) is 19.1 Å². The van der Waals surface area contributed by atoms with Crippen LogP contribution in [0.5, 0.6) is 0 Å². The molecule has 5 heteroatoms. The van der Waals surface area contributed by atoms with Crippen molar-refractivity contribution >= 4 is 12.2 Å². The topological polar surface area (TPSA) is 51.1 Å². The number of methoxy groups -OCH3 is 1. The average molecular weight is 236 g/mol. The minimum atomic E-state index is 0.482. The molecule has 16 heavy (non-hydrogen) atoms. The first kappa shape index (κ1) is 11.0. The molecule has 0 fully saturated rings. The molecule has 84 valence electrons. The molecule has 0 aliphatic rings. The monoisotopic (exact) mass is 236 g/mol. The van der Waals surface area contributed by atoms with E-state index in [2.05, 4.69) is 9.97 Å². The lowest BCUT2D eigenvalue weighted by Crippen LogP contribution is -1.97. The van der Waals surface area contributed by atoms with Gasteiger partial charge < -0.3 is 14.1 Å². The molecule has 2 aromatic rings. The first-order valence-corrected chi connectivity index (χ1v) is 5.25. The number of hydrogen-bond donors (Lipinski definition) is 1. The number of H-pyrrole nitrogens is 1. The third-order valence-electron chi connectivity index (χ3n) is 2.21. The van der Waals surface area contributed by atoms with E-state index in [9.17, 15) is 0 Å². The predicted octanol–water partition coefficient (Wildman–Crippen LogP) is 2.85. The first-order chi connectivity index (χ1) is 7.70. The Kier molecular flexibility index (Phi) is 3.17. The van der Waals surface area contributed by atoms with Crippen molar-refractivity contribution in [2.45, 2.75) is 13.5 Å². The number of hydrogen-bond acceptors (Lipinski definition) is 4. The Bertz CT molecular complexity index is 545. The van der Waals surface area contributed by atoms with Gasteiger partial charge in [-0.1, -0.05) is 12.2 Å². The van der Waals surface area contributed by atoms with Gasteiger partial charge >= 0.3 is 0 Å². The highest BCUT2D eigenvalue weighted by Crippen LogP contribution is 2.20. The van der Waals surface area contributed by atoms with Crippen molar-refractivity contribution in [2.75, 3.05) is 7.11 Å². The first-order valence-electron chi connectivity index (χ1n) is 4.84. The third kappa shape index (κ3) is 2.20. The maximum atomic E-state index is 5.23. The Labute approximate surface area is 98.3 Å². The van der Waals surface area contributed by atoms with Gasteiger partial charge in [0.1, 0.15) is 16.2 Å². The Morgan fingerprint density at radius 1 is 1.56 bits per heavy atom. The zero-order valence-electron chi connectivity index (χ0n) is 9.11. The van der Waals surface area contributed by atoms with E-state index >= 15 is 0 Å². The van der Waals surface area contributed by atoms with Crippen LogP contribution in [0.2, 0.25) is 0 Å². The van der Waals surface area contributed by atoms with Gasteiger partial charge in [-0.15, -0.1) is 0 Å². The molecule has 0 aliphatic carbocycles. The van der Waals surface area contributed by atoms with Crippen molar-refractivity contribution in [3.8, 4) is 11.4 Å². The van der Waals surface area contributed by atoms with E-state index < -0.39 is 0 Å². The van der Waals surface area contributed by atoms with Gasteiger partial charge in [0, 0.05) is 12.8 Å². The smallest absolute Gasteiger partial charge is 0.142 e. The SMILES string of the molecule is COCc1cc(=S)nc(-c2ccoc2C)[nH]1. The number of aromatic nitrogens is 2. The number of nitrogens with one attached hydrogen (secondary N) is 1. The van der Waals surface area contributed by atoms with Crippen molar-refractivity contribution in [1.29, 1.82) is 0 Å². The highest BCUT2D eigenvalue weighted by molar-refractivity contribution is 7.71. The van der Waals surface area contributed by atoms with E-state index in [1.54, 1.807) is 19.4 Å². The van der Waals surface area contributed by atoms with Crippen LogP contribution >= 0.6 is 12.2 Å². The van der Waals surface area contributed by atoms with Crippen molar-refractivity contribution in [1.82, 2.24) is 9.97 Å². The van der Waals surface area contributed by atoms with Crippen LogP contribution in [-0.2, 0) is 11.3 Å². The van der Waals surface area contributed by atoms with Crippen molar-refractivity contribution in [2.24, 2.45) is 0 Å². The summed E-state index contributed by atoms with van der Waals surface area (Å²) in [5, 5.41) is 0. The minimum Gasteiger partial charge on any atom is -0.469 e. The zero-order chi connectivity index (χ0) is 11.5. The molecule has 2 heterocycles. The quantitative estimate of drug-likeness (QED) is 0.832. The number of rotatable bonds is 3. The predicted molar refractivity (Wildman–Crippen MR) is 62.6 cm³/mol. The molecule has 0 bridgehead atoms. The Morgan fingerprint density at radius 2 is 2.38 bits per heavy atom. The van der Waals surface area contributed by atoms with Crippen molar-refractivity contribution < 1.29 is 9.15 Å². The number of aromatic amines is 1. The molecule has 0 unspecified atom stereocenters. The summed E-state index contributed by atoms with van der Waals surface area (Å²) in [6.07, 6.45) is 1.63. The normalized spacial score (nSPS) is 10.6. The summed E-state index contributed by atoms with van der Waals surface area (Å²) in [4.78, 5) is 7.43. The highest BCUT2D eigenvalue weighted by Gasteiger charge is 2.07. The van der Waals surface area contributed by atoms with E-state index in [1.165, 1.54) is 0 Å². The second-order valence-electron chi connectivity index (χ2n) is 3.42. The third-order valence-corrected chi connectivity index (χ3v) is 2.42. The summed E-state index contributed by atoms with van der Waals surface area (Å²) in [6.45, 7) is 2.37. The Balaban J connectivity index is 2.49. The van der Waals surface area contributed by atoms with E-state index in [1.807, 2.05) is 13.0 Å². The van der Waals surface area contributed by atoms with Gasteiger partial charge in [-0.3, -0.25) is 0 Å². The van der Waals surface area contributed by atoms with Crippen LogP contribution in [0.3, 0.4) is 0 Å². The van der Waals surface area contributed by atoms with E-state index in [0.29, 0.717) is 17.1 Å². The molecule has 0 saturated heterocycles. The Hall–Kier alpha value is -1.46. The molecule has 2 rings (SSSR count). The molecule has 0 aliphatic heterocycles. The zero-order valence-corrected chi connectivity index (χ0v) is 9.93. The van der Waals surface area contributed by atoms with Crippen LogP contribution in [-0.4, -0.2) is 17.1 Å². The molecule has 0 atom stereocenters. The summed E-state index contributed by atoms with van der Waals surface area (Å²) in [7, 11) is 1.64. The summed E-state index contributed by atoms with van der Waals surface area (Å²) in [5.74, 6) is 1.53.